The van der Waals surface area contributed by atoms with Gasteiger partial charge in [-0.15, -0.1) is 0 Å². The Morgan fingerprint density at radius 2 is 1.71 bits per heavy atom. The lowest BCUT2D eigenvalue weighted by molar-refractivity contribution is -0.139. The summed E-state index contributed by atoms with van der Waals surface area (Å²) in [5, 5.41) is 13.9. The molecule has 0 spiro atoms. The maximum Gasteiger partial charge on any atom is 0.326 e. The molecular weight excluding hydrogens is 270 g/mol. The van der Waals surface area contributed by atoms with Gasteiger partial charge < -0.3 is 20.6 Å². The number of urea groups is 1. The first-order chi connectivity index (χ1) is 10.0. The highest BCUT2D eigenvalue weighted by Gasteiger charge is 2.17. The van der Waals surface area contributed by atoms with Crippen LogP contribution in [0.5, 0.6) is 0 Å². The number of carbonyl (C=O) groups excluding carboxylic acids is 1. The minimum atomic E-state index is -1.04. The van der Waals surface area contributed by atoms with E-state index < -0.39 is 18.0 Å². The van der Waals surface area contributed by atoms with Gasteiger partial charge in [0.2, 0.25) is 0 Å². The van der Waals surface area contributed by atoms with Gasteiger partial charge in [-0.05, 0) is 44.5 Å². The fourth-order valence-corrected chi connectivity index (χ4v) is 2.01. The van der Waals surface area contributed by atoms with Crippen LogP contribution in [0.1, 0.15) is 27.2 Å². The summed E-state index contributed by atoms with van der Waals surface area (Å²) in [7, 11) is 0. The van der Waals surface area contributed by atoms with Crippen molar-refractivity contribution < 1.29 is 14.7 Å². The standard InChI is InChI=1S/C15H23N3O3/c1-4-13(14(19)20)17-15(21)16-11-7-9-12(10-8-11)18(5-2)6-3/h7-10,13H,4-6H2,1-3H3,(H,19,20)(H2,16,17,21)/t13-/m0/s1. The Morgan fingerprint density at radius 3 is 2.14 bits per heavy atom. The molecule has 0 bridgehead atoms. The second-order valence-corrected chi connectivity index (χ2v) is 4.62. The molecule has 6 heteroatoms. The van der Waals surface area contributed by atoms with Crippen LogP contribution in [0.3, 0.4) is 0 Å². The summed E-state index contributed by atoms with van der Waals surface area (Å²) in [5.41, 5.74) is 1.71. The van der Waals surface area contributed by atoms with Gasteiger partial charge in [0.05, 0.1) is 0 Å². The monoisotopic (exact) mass is 293 g/mol. The fourth-order valence-electron chi connectivity index (χ4n) is 2.01. The maximum atomic E-state index is 11.7. The lowest BCUT2D eigenvalue weighted by Gasteiger charge is -2.21. The SMILES string of the molecule is CC[C@H](NC(=O)Nc1ccc(N(CC)CC)cc1)C(=O)O. The first kappa shape index (κ1) is 16.8. The molecule has 1 atom stereocenters. The number of carboxylic acid groups (broad SMARTS) is 1. The summed E-state index contributed by atoms with van der Waals surface area (Å²) in [4.78, 5) is 24.8. The van der Waals surface area contributed by atoms with E-state index in [0.717, 1.165) is 18.8 Å². The Bertz CT molecular complexity index is 470. The van der Waals surface area contributed by atoms with E-state index in [0.29, 0.717) is 12.1 Å². The van der Waals surface area contributed by atoms with Gasteiger partial charge in [0.15, 0.2) is 0 Å². The number of amides is 2. The number of rotatable bonds is 7. The molecule has 0 saturated carbocycles. The van der Waals surface area contributed by atoms with Crippen LogP contribution in [0.4, 0.5) is 16.2 Å². The topological polar surface area (TPSA) is 81.7 Å². The van der Waals surface area contributed by atoms with Crippen molar-refractivity contribution in [2.45, 2.75) is 33.2 Å². The minimum Gasteiger partial charge on any atom is -0.480 e. The van der Waals surface area contributed by atoms with Crippen LogP contribution in [0.15, 0.2) is 24.3 Å². The van der Waals surface area contributed by atoms with E-state index in [2.05, 4.69) is 29.4 Å². The minimum absolute atomic E-state index is 0.337. The van der Waals surface area contributed by atoms with Gasteiger partial charge in [0.25, 0.3) is 0 Å². The normalized spacial score (nSPS) is 11.6. The van der Waals surface area contributed by atoms with Crippen LogP contribution in [0.2, 0.25) is 0 Å². The van der Waals surface area contributed by atoms with Gasteiger partial charge in [-0.1, -0.05) is 6.92 Å². The summed E-state index contributed by atoms with van der Waals surface area (Å²) in [6.07, 6.45) is 0.337. The van der Waals surface area contributed by atoms with E-state index in [-0.39, 0.29) is 0 Å². The number of nitrogens with zero attached hydrogens (tertiary/aromatic N) is 1. The van der Waals surface area contributed by atoms with Gasteiger partial charge in [-0.3, -0.25) is 0 Å². The fraction of sp³-hybridized carbons (Fsp3) is 0.467. The number of aliphatic carboxylic acids is 1. The van der Waals surface area contributed by atoms with E-state index in [9.17, 15) is 9.59 Å². The largest absolute Gasteiger partial charge is 0.480 e. The summed E-state index contributed by atoms with van der Waals surface area (Å²) in [5.74, 6) is -1.04. The number of nitrogens with one attached hydrogen (secondary N) is 2. The average molecular weight is 293 g/mol. The third-order valence-electron chi connectivity index (χ3n) is 3.27. The van der Waals surface area contributed by atoms with Gasteiger partial charge in [-0.2, -0.15) is 0 Å². The van der Waals surface area contributed by atoms with Crippen LogP contribution < -0.4 is 15.5 Å². The molecule has 3 N–H and O–H groups in total. The van der Waals surface area contributed by atoms with Gasteiger partial charge in [0.1, 0.15) is 6.04 Å². The third-order valence-corrected chi connectivity index (χ3v) is 3.27. The maximum absolute atomic E-state index is 11.7. The average Bonchev–Trinajstić information content (AvgIpc) is 2.47. The molecule has 0 radical (unpaired) electrons. The van der Waals surface area contributed by atoms with Crippen LogP contribution in [-0.4, -0.2) is 36.2 Å². The van der Waals surface area contributed by atoms with E-state index in [4.69, 9.17) is 5.11 Å². The number of benzene rings is 1. The summed E-state index contributed by atoms with van der Waals surface area (Å²) < 4.78 is 0. The summed E-state index contributed by atoms with van der Waals surface area (Å²) in [6.45, 7) is 7.71. The van der Waals surface area contributed by atoms with Crippen LogP contribution in [0.25, 0.3) is 0 Å². The van der Waals surface area contributed by atoms with Crippen LogP contribution >= 0.6 is 0 Å². The Hall–Kier alpha value is -2.24. The molecule has 2 amide bonds. The molecule has 116 valence electrons. The predicted octanol–water partition coefficient (Wildman–Crippen LogP) is 2.52. The molecule has 0 aliphatic carbocycles. The van der Waals surface area contributed by atoms with Crippen molar-refractivity contribution in [2.75, 3.05) is 23.3 Å². The predicted molar refractivity (Wildman–Crippen MR) is 83.9 cm³/mol. The Kier molecular flexibility index (Phi) is 6.52. The van der Waals surface area contributed by atoms with Gasteiger partial charge in [0, 0.05) is 24.5 Å². The van der Waals surface area contributed by atoms with E-state index >= 15 is 0 Å². The number of carboxylic acids is 1. The Labute approximate surface area is 125 Å². The Balaban J connectivity index is 2.63. The molecule has 0 saturated heterocycles. The molecule has 0 aliphatic heterocycles. The van der Waals surface area contributed by atoms with Gasteiger partial charge in [-0.25, -0.2) is 9.59 Å². The Morgan fingerprint density at radius 1 is 1.14 bits per heavy atom. The smallest absolute Gasteiger partial charge is 0.326 e. The van der Waals surface area contributed by atoms with Crippen LogP contribution in [-0.2, 0) is 4.79 Å². The van der Waals surface area contributed by atoms with E-state index in [1.165, 1.54) is 0 Å². The molecule has 1 aromatic rings. The number of carbonyl (C=O) groups is 2. The molecule has 0 aromatic heterocycles. The van der Waals surface area contributed by atoms with E-state index in [1.54, 1.807) is 19.1 Å². The van der Waals surface area contributed by atoms with E-state index in [1.807, 2.05) is 12.1 Å². The van der Waals surface area contributed by atoms with Crippen molar-refractivity contribution in [1.29, 1.82) is 0 Å². The first-order valence-corrected chi connectivity index (χ1v) is 7.17. The van der Waals surface area contributed by atoms with Crippen LogP contribution in [0, 0.1) is 0 Å². The van der Waals surface area contributed by atoms with Crippen molar-refractivity contribution in [1.82, 2.24) is 5.32 Å². The molecule has 6 nitrogen and oxygen atoms in total. The van der Waals surface area contributed by atoms with Crippen molar-refractivity contribution in [3.63, 3.8) is 0 Å². The second kappa shape index (κ2) is 8.14. The van der Waals surface area contributed by atoms with Crippen molar-refractivity contribution in [3.8, 4) is 0 Å². The second-order valence-electron chi connectivity index (χ2n) is 4.62. The zero-order chi connectivity index (χ0) is 15.8. The lowest BCUT2D eigenvalue weighted by Crippen LogP contribution is -2.42. The quantitative estimate of drug-likeness (QED) is 0.721. The number of hydrogen-bond donors (Lipinski definition) is 3. The molecule has 0 heterocycles. The molecule has 1 rings (SSSR count). The third kappa shape index (κ3) is 4.98. The van der Waals surface area contributed by atoms with Gasteiger partial charge >= 0.3 is 12.0 Å². The van der Waals surface area contributed by atoms with Crippen molar-refractivity contribution in [3.05, 3.63) is 24.3 Å². The van der Waals surface area contributed by atoms with Crippen molar-refractivity contribution >= 4 is 23.4 Å². The number of anilines is 2. The molecule has 0 fully saturated rings. The molecule has 1 aromatic carbocycles. The van der Waals surface area contributed by atoms with Crippen molar-refractivity contribution in [2.24, 2.45) is 0 Å². The molecular formula is C15H23N3O3. The highest BCUT2D eigenvalue weighted by molar-refractivity contribution is 5.92. The molecule has 0 unspecified atom stereocenters. The molecule has 21 heavy (non-hydrogen) atoms. The first-order valence-electron chi connectivity index (χ1n) is 7.17. The zero-order valence-electron chi connectivity index (χ0n) is 12.7. The number of hydrogen-bond acceptors (Lipinski definition) is 3. The molecule has 0 aliphatic rings. The zero-order valence-corrected chi connectivity index (χ0v) is 12.7. The highest BCUT2D eigenvalue weighted by Crippen LogP contribution is 2.17. The summed E-state index contributed by atoms with van der Waals surface area (Å²) >= 11 is 0. The highest BCUT2D eigenvalue weighted by atomic mass is 16.4. The lowest BCUT2D eigenvalue weighted by atomic mass is 10.2. The summed E-state index contributed by atoms with van der Waals surface area (Å²) in [6, 6.07) is 6.07.